The molecule has 25 heavy (non-hydrogen) atoms. The zero-order valence-corrected chi connectivity index (χ0v) is 15.4. The summed E-state index contributed by atoms with van der Waals surface area (Å²) in [6, 6.07) is 0. The first-order valence-electron chi connectivity index (χ1n) is 8.76. The molecule has 0 spiro atoms. The summed E-state index contributed by atoms with van der Waals surface area (Å²) in [7, 11) is -0.391. The van der Waals surface area contributed by atoms with Gasteiger partial charge in [0.05, 0.1) is 17.7 Å². The normalized spacial score (nSPS) is 23.2. The number of amides is 1. The quantitative estimate of drug-likeness (QED) is 0.796. The van der Waals surface area contributed by atoms with Crippen LogP contribution in [0.5, 0.6) is 0 Å². The van der Waals surface area contributed by atoms with Crippen LogP contribution in [0.2, 0.25) is 0 Å². The van der Waals surface area contributed by atoms with Gasteiger partial charge in [0, 0.05) is 50.6 Å². The summed E-state index contributed by atoms with van der Waals surface area (Å²) in [6.07, 6.45) is 2.93. The summed E-state index contributed by atoms with van der Waals surface area (Å²) < 4.78 is 14.0. The molecule has 2 aliphatic rings. The number of piperazine rings is 1. The van der Waals surface area contributed by atoms with E-state index in [2.05, 4.69) is 10.00 Å². The maximum absolute atomic E-state index is 10.9. The van der Waals surface area contributed by atoms with Gasteiger partial charge in [-0.15, -0.1) is 0 Å². The molecule has 2 saturated heterocycles. The van der Waals surface area contributed by atoms with Gasteiger partial charge in [0.2, 0.25) is 0 Å². The van der Waals surface area contributed by atoms with Crippen LogP contribution in [0.4, 0.5) is 4.79 Å². The van der Waals surface area contributed by atoms with Crippen LogP contribution in [0.25, 0.3) is 0 Å². The van der Waals surface area contributed by atoms with Crippen LogP contribution >= 0.6 is 0 Å². The number of carboxylic acid groups (broad SMARTS) is 1. The highest BCUT2D eigenvalue weighted by atomic mass is 16.7. The molecule has 9 heteroatoms. The van der Waals surface area contributed by atoms with E-state index in [1.807, 2.05) is 38.6 Å². The monoisotopic (exact) mass is 350 g/mol. The van der Waals surface area contributed by atoms with E-state index < -0.39 is 13.2 Å². The van der Waals surface area contributed by atoms with Crippen LogP contribution in [0, 0.1) is 0 Å². The van der Waals surface area contributed by atoms with Gasteiger partial charge >= 0.3 is 13.2 Å². The van der Waals surface area contributed by atoms with Crippen molar-refractivity contribution in [2.24, 2.45) is 0 Å². The summed E-state index contributed by atoms with van der Waals surface area (Å²) >= 11 is 0. The maximum Gasteiger partial charge on any atom is 0.498 e. The molecule has 1 amide bonds. The van der Waals surface area contributed by atoms with Gasteiger partial charge in [0.1, 0.15) is 0 Å². The highest BCUT2D eigenvalue weighted by molar-refractivity contribution is 6.61. The van der Waals surface area contributed by atoms with Crippen molar-refractivity contribution in [3.8, 4) is 0 Å². The largest absolute Gasteiger partial charge is 0.498 e. The Labute approximate surface area is 148 Å². The minimum absolute atomic E-state index is 0.358. The molecular formula is C16H27BN4O4. The average Bonchev–Trinajstić information content (AvgIpc) is 3.08. The fourth-order valence-corrected chi connectivity index (χ4v) is 3.01. The number of hydrogen-bond donors (Lipinski definition) is 1. The molecule has 3 heterocycles. The van der Waals surface area contributed by atoms with E-state index in [9.17, 15) is 4.79 Å². The third-order valence-corrected chi connectivity index (χ3v) is 5.47. The predicted molar refractivity (Wildman–Crippen MR) is 94.0 cm³/mol. The van der Waals surface area contributed by atoms with E-state index in [0.29, 0.717) is 13.1 Å². The average molecular weight is 350 g/mol. The number of nitrogens with zero attached hydrogens (tertiary/aromatic N) is 4. The second-order valence-electron chi connectivity index (χ2n) is 7.74. The molecule has 0 unspecified atom stereocenters. The number of aromatic nitrogens is 2. The van der Waals surface area contributed by atoms with Crippen molar-refractivity contribution in [3.05, 3.63) is 12.4 Å². The zero-order chi connectivity index (χ0) is 18.2. The van der Waals surface area contributed by atoms with E-state index in [-0.39, 0.29) is 11.2 Å². The standard InChI is InChI=1S/C16H27BN4O4/c1-15(2)16(3,4)25-17(24-15)13-11-18-21(12-13)10-7-19-5-8-20(9-6-19)14(22)23/h11-12H,5-10H2,1-4H3,(H,22,23). The Balaban J connectivity index is 1.51. The molecule has 0 aliphatic carbocycles. The van der Waals surface area contributed by atoms with E-state index in [1.165, 1.54) is 4.90 Å². The Morgan fingerprint density at radius 1 is 1.16 bits per heavy atom. The van der Waals surface area contributed by atoms with Crippen LogP contribution in [0.15, 0.2) is 12.4 Å². The van der Waals surface area contributed by atoms with E-state index in [0.717, 1.165) is 31.6 Å². The first-order chi connectivity index (χ1) is 11.7. The van der Waals surface area contributed by atoms with Gasteiger partial charge in [-0.25, -0.2) is 4.79 Å². The van der Waals surface area contributed by atoms with Crippen molar-refractivity contribution in [1.82, 2.24) is 19.6 Å². The summed E-state index contributed by atoms with van der Waals surface area (Å²) in [5, 5.41) is 13.4. The summed E-state index contributed by atoms with van der Waals surface area (Å²) in [5.41, 5.74) is 0.210. The van der Waals surface area contributed by atoms with Gasteiger partial charge < -0.3 is 19.3 Å². The smallest absolute Gasteiger partial charge is 0.465 e. The van der Waals surface area contributed by atoms with Crippen LogP contribution in [0.3, 0.4) is 0 Å². The second kappa shape index (κ2) is 6.62. The number of rotatable bonds is 4. The van der Waals surface area contributed by atoms with Gasteiger partial charge in [-0.1, -0.05) is 0 Å². The third-order valence-electron chi connectivity index (χ3n) is 5.47. The Kier molecular flexibility index (Phi) is 4.83. The van der Waals surface area contributed by atoms with Crippen molar-refractivity contribution in [3.63, 3.8) is 0 Å². The highest BCUT2D eigenvalue weighted by Crippen LogP contribution is 2.36. The topological polar surface area (TPSA) is 80.1 Å². The van der Waals surface area contributed by atoms with Gasteiger partial charge in [-0.05, 0) is 27.7 Å². The van der Waals surface area contributed by atoms with Gasteiger partial charge in [0.15, 0.2) is 0 Å². The Hall–Kier alpha value is -1.58. The Morgan fingerprint density at radius 3 is 2.32 bits per heavy atom. The number of carbonyl (C=O) groups is 1. The molecule has 0 bridgehead atoms. The van der Waals surface area contributed by atoms with Crippen molar-refractivity contribution in [2.45, 2.75) is 45.4 Å². The molecular weight excluding hydrogens is 323 g/mol. The van der Waals surface area contributed by atoms with E-state index in [4.69, 9.17) is 14.4 Å². The lowest BCUT2D eigenvalue weighted by atomic mass is 9.82. The van der Waals surface area contributed by atoms with Crippen molar-refractivity contribution >= 4 is 18.7 Å². The lowest BCUT2D eigenvalue weighted by Crippen LogP contribution is -2.48. The second-order valence-corrected chi connectivity index (χ2v) is 7.74. The van der Waals surface area contributed by atoms with Gasteiger partial charge in [-0.3, -0.25) is 9.58 Å². The molecule has 0 radical (unpaired) electrons. The molecule has 3 rings (SSSR count). The summed E-state index contributed by atoms with van der Waals surface area (Å²) in [6.45, 7) is 12.4. The number of hydrogen-bond acceptors (Lipinski definition) is 5. The molecule has 1 N–H and O–H groups in total. The summed E-state index contributed by atoms with van der Waals surface area (Å²) in [5.74, 6) is 0. The van der Waals surface area contributed by atoms with Crippen LogP contribution in [-0.2, 0) is 15.9 Å². The molecule has 1 aromatic heterocycles. The van der Waals surface area contributed by atoms with E-state index in [1.54, 1.807) is 6.20 Å². The lowest BCUT2D eigenvalue weighted by Gasteiger charge is -2.32. The van der Waals surface area contributed by atoms with Crippen molar-refractivity contribution in [2.75, 3.05) is 32.7 Å². The van der Waals surface area contributed by atoms with Gasteiger partial charge in [0.25, 0.3) is 0 Å². The van der Waals surface area contributed by atoms with Gasteiger partial charge in [-0.2, -0.15) is 5.10 Å². The maximum atomic E-state index is 10.9. The van der Waals surface area contributed by atoms with Crippen molar-refractivity contribution in [1.29, 1.82) is 0 Å². The molecule has 0 atom stereocenters. The predicted octanol–water partition coefficient (Wildman–Crippen LogP) is 0.478. The molecule has 0 aromatic carbocycles. The minimum atomic E-state index is -0.834. The lowest BCUT2D eigenvalue weighted by molar-refractivity contribution is 0.00578. The zero-order valence-electron chi connectivity index (χ0n) is 15.4. The molecule has 1 aromatic rings. The van der Waals surface area contributed by atoms with Crippen molar-refractivity contribution < 1.29 is 19.2 Å². The SMILES string of the molecule is CC1(C)OB(c2cnn(CCN3CCN(C(=O)O)CC3)c2)OC1(C)C. The minimum Gasteiger partial charge on any atom is -0.465 e. The molecule has 2 fully saturated rings. The Bertz CT molecular complexity index is 609. The van der Waals surface area contributed by atoms with Crippen LogP contribution in [-0.4, -0.2) is 81.8 Å². The fraction of sp³-hybridized carbons (Fsp3) is 0.750. The first kappa shape index (κ1) is 18.2. The third kappa shape index (κ3) is 3.83. The fourth-order valence-electron chi connectivity index (χ4n) is 3.01. The van der Waals surface area contributed by atoms with E-state index >= 15 is 0 Å². The molecule has 0 saturated carbocycles. The molecule has 2 aliphatic heterocycles. The van der Waals surface area contributed by atoms with Crippen LogP contribution < -0.4 is 5.46 Å². The first-order valence-corrected chi connectivity index (χ1v) is 8.76. The van der Waals surface area contributed by atoms with Crippen LogP contribution in [0.1, 0.15) is 27.7 Å². The summed E-state index contributed by atoms with van der Waals surface area (Å²) in [4.78, 5) is 14.6. The molecule has 8 nitrogen and oxygen atoms in total. The highest BCUT2D eigenvalue weighted by Gasteiger charge is 2.52. The Morgan fingerprint density at radius 2 is 1.76 bits per heavy atom. The molecule has 138 valence electrons.